The Labute approximate surface area is 327 Å². The molecule has 2 N–H and O–H groups in total. The van der Waals surface area contributed by atoms with Gasteiger partial charge in [0.05, 0.1) is 39.9 Å². The van der Waals surface area contributed by atoms with E-state index < -0.39 is 26.6 Å². The highest BCUT2D eigenvalue weighted by molar-refractivity contribution is 7.45. The average Bonchev–Trinajstić information content (AvgIpc) is 3.10. The highest BCUT2D eigenvalue weighted by atomic mass is 31.2. The van der Waals surface area contributed by atoms with Crippen molar-refractivity contribution in [1.82, 2.24) is 5.32 Å². The van der Waals surface area contributed by atoms with E-state index in [2.05, 4.69) is 43.5 Å². The topological polar surface area (TPSA) is 108 Å². The molecule has 0 radical (unpaired) electrons. The SMILES string of the molecule is CCCCCCCC/C=C\CCCCCCCCCCCC(=O)NC(COP(=O)([O-])OCC[N+](C)(C)C)C(O)/C=C/CC/C=C/CCCCCCCC. The third-order valence-electron chi connectivity index (χ3n) is 9.57. The summed E-state index contributed by atoms with van der Waals surface area (Å²) in [6.45, 7) is 4.59. The second-order valence-electron chi connectivity index (χ2n) is 16.0. The number of hydrogen-bond donors (Lipinski definition) is 2. The number of nitrogens with zero attached hydrogens (tertiary/aromatic N) is 1. The van der Waals surface area contributed by atoms with Gasteiger partial charge in [-0.1, -0.05) is 159 Å². The summed E-state index contributed by atoms with van der Waals surface area (Å²) in [7, 11) is 1.24. The van der Waals surface area contributed by atoms with Gasteiger partial charge < -0.3 is 28.8 Å². The van der Waals surface area contributed by atoms with Crippen LogP contribution in [0.5, 0.6) is 0 Å². The van der Waals surface area contributed by atoms with Crippen molar-refractivity contribution < 1.29 is 32.9 Å². The van der Waals surface area contributed by atoms with Crippen molar-refractivity contribution in [3.05, 3.63) is 36.5 Å². The van der Waals surface area contributed by atoms with Crippen LogP contribution in [0, 0.1) is 0 Å². The highest BCUT2D eigenvalue weighted by Crippen LogP contribution is 2.38. The summed E-state index contributed by atoms with van der Waals surface area (Å²) in [5, 5.41) is 13.7. The van der Waals surface area contributed by atoms with E-state index in [-0.39, 0.29) is 12.5 Å². The molecule has 0 saturated heterocycles. The lowest BCUT2D eigenvalue weighted by Crippen LogP contribution is -2.45. The molecule has 312 valence electrons. The van der Waals surface area contributed by atoms with E-state index in [1.165, 1.54) is 128 Å². The van der Waals surface area contributed by atoms with Crippen molar-refractivity contribution in [3.63, 3.8) is 0 Å². The zero-order chi connectivity index (χ0) is 39.3. The highest BCUT2D eigenvalue weighted by Gasteiger charge is 2.23. The average molecular weight is 769 g/mol. The van der Waals surface area contributed by atoms with Crippen LogP contribution < -0.4 is 10.2 Å². The zero-order valence-corrected chi connectivity index (χ0v) is 36.1. The van der Waals surface area contributed by atoms with E-state index in [0.717, 1.165) is 38.5 Å². The Kier molecular flexibility index (Phi) is 35.5. The molecule has 0 rings (SSSR count). The number of rotatable bonds is 39. The fourth-order valence-corrected chi connectivity index (χ4v) is 6.77. The summed E-state index contributed by atoms with van der Waals surface area (Å²) in [4.78, 5) is 25.2. The van der Waals surface area contributed by atoms with Gasteiger partial charge in [-0.15, -0.1) is 0 Å². The van der Waals surface area contributed by atoms with Crippen LogP contribution in [0.15, 0.2) is 36.5 Å². The first-order valence-electron chi connectivity index (χ1n) is 21.9. The lowest BCUT2D eigenvalue weighted by atomic mass is 10.0. The standard InChI is InChI=1S/C44H85N2O6P/c1-6-8-10-12-14-16-18-20-21-22-23-24-25-26-28-30-32-34-36-38-44(48)45-42(41-52-53(49,50)51-40-39-46(3,4)5)43(47)37-35-33-31-29-27-19-17-15-13-11-9-7-2/h20-21,27,29,35,37,42-43,47H,6-19,22-26,28,30-34,36,38-41H2,1-5H3,(H-,45,48,49,50)/b21-20-,29-27+,37-35+. The van der Waals surface area contributed by atoms with E-state index in [4.69, 9.17) is 9.05 Å². The maximum atomic E-state index is 12.8. The van der Waals surface area contributed by atoms with Crippen molar-refractivity contribution >= 4 is 13.7 Å². The number of nitrogens with one attached hydrogen (secondary N) is 1. The molecule has 0 aromatic heterocycles. The minimum Gasteiger partial charge on any atom is -0.756 e. The largest absolute Gasteiger partial charge is 0.756 e. The van der Waals surface area contributed by atoms with Gasteiger partial charge in [0.15, 0.2) is 0 Å². The molecule has 0 fully saturated rings. The first-order chi connectivity index (χ1) is 25.5. The third kappa shape index (κ3) is 38.8. The number of aliphatic hydroxyl groups is 1. The molecule has 8 nitrogen and oxygen atoms in total. The Hall–Kier alpha value is -1.28. The Morgan fingerprint density at radius 1 is 0.642 bits per heavy atom. The van der Waals surface area contributed by atoms with Gasteiger partial charge in [-0.05, 0) is 57.8 Å². The molecule has 3 unspecified atom stereocenters. The minimum absolute atomic E-state index is 0.00681. The quantitative estimate of drug-likeness (QED) is 0.0279. The van der Waals surface area contributed by atoms with Crippen LogP contribution in [-0.4, -0.2) is 68.5 Å². The van der Waals surface area contributed by atoms with Crippen molar-refractivity contribution in [2.45, 2.75) is 199 Å². The van der Waals surface area contributed by atoms with E-state index >= 15 is 0 Å². The smallest absolute Gasteiger partial charge is 0.268 e. The van der Waals surface area contributed by atoms with Crippen LogP contribution in [0.1, 0.15) is 187 Å². The van der Waals surface area contributed by atoms with E-state index in [0.29, 0.717) is 17.4 Å². The molecule has 0 aromatic rings. The van der Waals surface area contributed by atoms with Crippen LogP contribution >= 0.6 is 7.82 Å². The molecule has 0 heterocycles. The van der Waals surface area contributed by atoms with Crippen LogP contribution in [0.4, 0.5) is 0 Å². The summed E-state index contributed by atoms with van der Waals surface area (Å²) < 4.78 is 23.1. The first kappa shape index (κ1) is 51.7. The molecule has 53 heavy (non-hydrogen) atoms. The van der Waals surface area contributed by atoms with Gasteiger partial charge in [-0.25, -0.2) is 0 Å². The second-order valence-corrected chi connectivity index (χ2v) is 17.4. The van der Waals surface area contributed by atoms with Gasteiger partial charge in [0.25, 0.3) is 7.82 Å². The van der Waals surface area contributed by atoms with Crippen LogP contribution in [-0.2, 0) is 18.4 Å². The van der Waals surface area contributed by atoms with E-state index in [9.17, 15) is 19.4 Å². The number of hydrogen-bond acceptors (Lipinski definition) is 6. The minimum atomic E-state index is -4.59. The van der Waals surface area contributed by atoms with Crippen LogP contribution in [0.25, 0.3) is 0 Å². The van der Waals surface area contributed by atoms with Crippen molar-refractivity contribution in [2.75, 3.05) is 40.9 Å². The summed E-state index contributed by atoms with van der Waals surface area (Å²) in [6, 6.07) is -0.901. The molecule has 0 spiro atoms. The van der Waals surface area contributed by atoms with E-state index in [1.807, 2.05) is 27.2 Å². The second kappa shape index (κ2) is 36.4. The number of carbonyl (C=O) groups excluding carboxylic acids is 1. The molecule has 1 amide bonds. The van der Waals surface area contributed by atoms with Gasteiger partial charge in [-0.3, -0.25) is 9.36 Å². The fraction of sp³-hybridized carbons (Fsp3) is 0.841. The normalized spacial score (nSPS) is 14.8. The molecular weight excluding hydrogens is 683 g/mol. The van der Waals surface area contributed by atoms with Crippen molar-refractivity contribution in [2.24, 2.45) is 0 Å². The molecule has 3 atom stereocenters. The van der Waals surface area contributed by atoms with E-state index in [1.54, 1.807) is 6.08 Å². The van der Waals surface area contributed by atoms with Gasteiger partial charge in [0.2, 0.25) is 5.91 Å². The van der Waals surface area contributed by atoms with Gasteiger partial charge in [-0.2, -0.15) is 0 Å². The fourth-order valence-electron chi connectivity index (χ4n) is 6.04. The molecule has 0 aliphatic rings. The maximum absolute atomic E-state index is 12.8. The number of unbranched alkanes of at least 4 members (excludes halogenated alkanes) is 22. The predicted molar refractivity (Wildman–Crippen MR) is 224 cm³/mol. The number of allylic oxidation sites excluding steroid dienone is 5. The Morgan fingerprint density at radius 2 is 1.06 bits per heavy atom. The number of amides is 1. The molecule has 0 aromatic carbocycles. The summed E-state index contributed by atoms with van der Waals surface area (Å²) >= 11 is 0. The van der Waals surface area contributed by atoms with Crippen molar-refractivity contribution in [3.8, 4) is 0 Å². The lowest BCUT2D eigenvalue weighted by Gasteiger charge is -2.29. The maximum Gasteiger partial charge on any atom is 0.268 e. The summed E-state index contributed by atoms with van der Waals surface area (Å²) in [5.74, 6) is -0.212. The Balaban J connectivity index is 4.41. The number of phosphoric acid groups is 1. The number of aliphatic hydroxyl groups excluding tert-OH is 1. The van der Waals surface area contributed by atoms with Gasteiger partial charge >= 0.3 is 0 Å². The van der Waals surface area contributed by atoms with Crippen molar-refractivity contribution in [1.29, 1.82) is 0 Å². The number of phosphoric ester groups is 1. The van der Waals surface area contributed by atoms with Gasteiger partial charge in [0.1, 0.15) is 13.2 Å². The molecule has 9 heteroatoms. The summed E-state index contributed by atoms with van der Waals surface area (Å²) in [6.07, 6.45) is 43.3. The number of likely N-dealkylation sites (N-methyl/N-ethyl adjacent to an activating group) is 1. The van der Waals surface area contributed by atoms with Gasteiger partial charge in [0, 0.05) is 6.42 Å². The molecule has 0 aliphatic carbocycles. The van der Waals surface area contributed by atoms with Crippen LogP contribution in [0.2, 0.25) is 0 Å². The molecule has 0 bridgehead atoms. The molecular formula is C44H85N2O6P. The predicted octanol–water partition coefficient (Wildman–Crippen LogP) is 11.3. The third-order valence-corrected chi connectivity index (χ3v) is 10.5. The zero-order valence-electron chi connectivity index (χ0n) is 35.2. The molecule has 0 saturated carbocycles. The Morgan fingerprint density at radius 3 is 1.53 bits per heavy atom. The Bertz CT molecular complexity index is 964. The first-order valence-corrected chi connectivity index (χ1v) is 23.3. The summed E-state index contributed by atoms with van der Waals surface area (Å²) in [5.41, 5.74) is 0. The number of carbonyl (C=O) groups is 1. The lowest BCUT2D eigenvalue weighted by molar-refractivity contribution is -0.870. The van der Waals surface area contributed by atoms with Crippen LogP contribution in [0.3, 0.4) is 0 Å². The molecule has 0 aliphatic heterocycles. The monoisotopic (exact) mass is 769 g/mol. The number of quaternary nitrogens is 1.